The van der Waals surface area contributed by atoms with Crippen molar-refractivity contribution >= 4 is 10.9 Å². The molecule has 1 N–H and O–H groups in total. The number of fused-ring (bicyclic) bond motifs is 1. The van der Waals surface area contributed by atoms with Gasteiger partial charge in [-0.15, -0.1) is 0 Å². The van der Waals surface area contributed by atoms with Gasteiger partial charge in [-0.3, -0.25) is 10.1 Å². The SMILES string of the molecule is c1cc(-c2ccc(Oc3ccc4nc(CCCCC5CCOCC5)ccc4c3)nc2)[nH]n1. The standard InChI is InChI=1S/C26H28N4O2/c1(3-19-12-15-31-16-13-19)2-4-22-7-5-20-17-23(8-9-24(20)29-22)32-26-10-6-21(18-27-26)25-11-14-28-30-25/h5-11,14,17-19H,1-4,12-13,15-16H2,(H,28,30). The average molecular weight is 429 g/mol. The Morgan fingerprint density at radius 2 is 1.94 bits per heavy atom. The van der Waals surface area contributed by atoms with E-state index in [2.05, 4.69) is 27.3 Å². The molecule has 164 valence electrons. The van der Waals surface area contributed by atoms with E-state index in [4.69, 9.17) is 14.5 Å². The molecule has 1 fully saturated rings. The minimum absolute atomic E-state index is 0.557. The Bertz CT molecular complexity index is 1140. The summed E-state index contributed by atoms with van der Waals surface area (Å²) in [6.45, 7) is 1.88. The van der Waals surface area contributed by atoms with E-state index in [0.717, 1.165) is 59.2 Å². The van der Waals surface area contributed by atoms with E-state index in [9.17, 15) is 0 Å². The van der Waals surface area contributed by atoms with Crippen LogP contribution in [0.5, 0.6) is 11.6 Å². The number of aryl methyl sites for hydroxylation is 1. The van der Waals surface area contributed by atoms with Crippen LogP contribution in [0.1, 0.15) is 37.8 Å². The van der Waals surface area contributed by atoms with Gasteiger partial charge in [0.05, 0.1) is 11.2 Å². The molecular weight excluding hydrogens is 400 g/mol. The van der Waals surface area contributed by atoms with Crippen LogP contribution in [-0.2, 0) is 11.2 Å². The van der Waals surface area contributed by atoms with Crippen molar-refractivity contribution < 1.29 is 9.47 Å². The van der Waals surface area contributed by atoms with Gasteiger partial charge in [-0.05, 0) is 68.0 Å². The Morgan fingerprint density at radius 1 is 1.00 bits per heavy atom. The van der Waals surface area contributed by atoms with Gasteiger partial charge in [-0.2, -0.15) is 5.10 Å². The maximum Gasteiger partial charge on any atom is 0.219 e. The van der Waals surface area contributed by atoms with Crippen molar-refractivity contribution in [3.8, 4) is 22.9 Å². The highest BCUT2D eigenvalue weighted by Gasteiger charge is 2.13. The number of rotatable bonds is 8. The summed E-state index contributed by atoms with van der Waals surface area (Å²) in [7, 11) is 0. The highest BCUT2D eigenvalue weighted by Crippen LogP contribution is 2.26. The topological polar surface area (TPSA) is 72.9 Å². The number of aromatic nitrogens is 4. The van der Waals surface area contributed by atoms with Crippen molar-refractivity contribution in [2.45, 2.75) is 38.5 Å². The molecule has 0 radical (unpaired) electrons. The number of H-pyrrole nitrogens is 1. The summed E-state index contributed by atoms with van der Waals surface area (Å²) in [5.41, 5.74) is 4.06. The predicted octanol–water partition coefficient (Wildman–Crippen LogP) is 5.95. The molecule has 1 aromatic carbocycles. The van der Waals surface area contributed by atoms with Gasteiger partial charge in [0, 0.05) is 48.3 Å². The molecule has 32 heavy (non-hydrogen) atoms. The number of ether oxygens (including phenoxy) is 2. The first-order chi connectivity index (χ1) is 15.8. The van der Waals surface area contributed by atoms with Crippen LogP contribution in [0.2, 0.25) is 0 Å². The summed E-state index contributed by atoms with van der Waals surface area (Å²) >= 11 is 0. The number of unbranched alkanes of at least 4 members (excludes halogenated alkanes) is 1. The Kier molecular flexibility index (Phi) is 6.40. The van der Waals surface area contributed by atoms with Crippen molar-refractivity contribution in [3.63, 3.8) is 0 Å². The van der Waals surface area contributed by atoms with Crippen molar-refractivity contribution in [1.29, 1.82) is 0 Å². The summed E-state index contributed by atoms with van der Waals surface area (Å²) < 4.78 is 11.4. The van der Waals surface area contributed by atoms with E-state index in [1.54, 1.807) is 12.4 Å². The lowest BCUT2D eigenvalue weighted by Crippen LogP contribution is -2.15. The van der Waals surface area contributed by atoms with Gasteiger partial charge >= 0.3 is 0 Å². The molecule has 0 amide bonds. The molecule has 6 nitrogen and oxygen atoms in total. The molecular formula is C26H28N4O2. The Morgan fingerprint density at radius 3 is 2.75 bits per heavy atom. The number of hydrogen-bond donors (Lipinski definition) is 1. The fourth-order valence-electron chi connectivity index (χ4n) is 4.26. The number of benzene rings is 1. The van der Waals surface area contributed by atoms with Crippen molar-refractivity contribution in [3.05, 3.63) is 66.6 Å². The van der Waals surface area contributed by atoms with Crippen LogP contribution in [0, 0.1) is 5.92 Å². The molecule has 1 aliphatic heterocycles. The Labute approximate surface area is 188 Å². The van der Waals surface area contributed by atoms with E-state index in [-0.39, 0.29) is 0 Å². The third kappa shape index (κ3) is 5.14. The smallest absolute Gasteiger partial charge is 0.219 e. The normalized spacial score (nSPS) is 14.6. The number of pyridine rings is 2. The molecule has 0 unspecified atom stereocenters. The zero-order valence-corrected chi connectivity index (χ0v) is 18.2. The second kappa shape index (κ2) is 9.92. The largest absolute Gasteiger partial charge is 0.439 e. The lowest BCUT2D eigenvalue weighted by molar-refractivity contribution is 0.0631. The molecule has 3 aromatic heterocycles. The number of hydrogen-bond acceptors (Lipinski definition) is 5. The van der Waals surface area contributed by atoms with E-state index in [1.165, 1.54) is 32.1 Å². The quantitative estimate of drug-likeness (QED) is 0.351. The van der Waals surface area contributed by atoms with E-state index in [1.807, 2.05) is 36.4 Å². The van der Waals surface area contributed by atoms with Gasteiger partial charge in [-0.1, -0.05) is 18.9 Å². The van der Waals surface area contributed by atoms with Gasteiger partial charge < -0.3 is 9.47 Å². The minimum Gasteiger partial charge on any atom is -0.439 e. The second-order valence-corrected chi connectivity index (χ2v) is 8.42. The zero-order chi connectivity index (χ0) is 21.6. The number of aromatic amines is 1. The van der Waals surface area contributed by atoms with E-state index < -0.39 is 0 Å². The fourth-order valence-corrected chi connectivity index (χ4v) is 4.26. The van der Waals surface area contributed by atoms with Crippen LogP contribution in [0.4, 0.5) is 0 Å². The molecule has 0 bridgehead atoms. The summed E-state index contributed by atoms with van der Waals surface area (Å²) in [4.78, 5) is 9.25. The van der Waals surface area contributed by atoms with Gasteiger partial charge in [0.15, 0.2) is 0 Å². The van der Waals surface area contributed by atoms with Gasteiger partial charge in [0.2, 0.25) is 5.88 Å². The monoisotopic (exact) mass is 428 g/mol. The summed E-state index contributed by atoms with van der Waals surface area (Å²) in [6.07, 6.45) is 10.8. The third-order valence-electron chi connectivity index (χ3n) is 6.13. The summed E-state index contributed by atoms with van der Waals surface area (Å²) in [5.74, 6) is 2.16. The number of nitrogens with zero attached hydrogens (tertiary/aromatic N) is 3. The van der Waals surface area contributed by atoms with Gasteiger partial charge in [0.25, 0.3) is 0 Å². The Balaban J connectivity index is 1.17. The summed E-state index contributed by atoms with van der Waals surface area (Å²) in [5, 5.41) is 7.98. The maximum absolute atomic E-state index is 5.95. The second-order valence-electron chi connectivity index (χ2n) is 8.42. The van der Waals surface area contributed by atoms with E-state index >= 15 is 0 Å². The predicted molar refractivity (Wildman–Crippen MR) is 125 cm³/mol. The van der Waals surface area contributed by atoms with Crippen LogP contribution < -0.4 is 4.74 Å². The van der Waals surface area contributed by atoms with Crippen molar-refractivity contribution in [2.75, 3.05) is 13.2 Å². The van der Waals surface area contributed by atoms with E-state index in [0.29, 0.717) is 5.88 Å². The third-order valence-corrected chi connectivity index (χ3v) is 6.13. The van der Waals surface area contributed by atoms with Crippen LogP contribution >= 0.6 is 0 Å². The molecule has 0 saturated carbocycles. The van der Waals surface area contributed by atoms with Crippen LogP contribution in [0.15, 0.2) is 60.9 Å². The van der Waals surface area contributed by atoms with Crippen LogP contribution in [0.25, 0.3) is 22.2 Å². The molecule has 6 heteroatoms. The Hall–Kier alpha value is -3.25. The van der Waals surface area contributed by atoms with Crippen molar-refractivity contribution in [1.82, 2.24) is 20.2 Å². The lowest BCUT2D eigenvalue weighted by Gasteiger charge is -2.21. The lowest BCUT2D eigenvalue weighted by atomic mass is 9.93. The maximum atomic E-state index is 5.95. The van der Waals surface area contributed by atoms with Crippen LogP contribution in [-0.4, -0.2) is 33.4 Å². The fraction of sp³-hybridized carbons (Fsp3) is 0.346. The first kappa shape index (κ1) is 20.6. The number of nitrogens with one attached hydrogen (secondary N) is 1. The highest BCUT2D eigenvalue weighted by atomic mass is 16.5. The molecule has 1 aliphatic rings. The summed E-state index contributed by atoms with van der Waals surface area (Å²) in [6, 6.07) is 16.0. The molecule has 0 aliphatic carbocycles. The molecule has 4 heterocycles. The first-order valence-corrected chi connectivity index (χ1v) is 11.4. The van der Waals surface area contributed by atoms with Crippen LogP contribution in [0.3, 0.4) is 0 Å². The molecule has 1 saturated heterocycles. The molecule has 0 atom stereocenters. The first-order valence-electron chi connectivity index (χ1n) is 11.4. The van der Waals surface area contributed by atoms with Crippen molar-refractivity contribution in [2.24, 2.45) is 5.92 Å². The average Bonchev–Trinajstić information content (AvgIpc) is 3.38. The molecule has 4 aromatic rings. The molecule has 5 rings (SSSR count). The molecule has 0 spiro atoms. The van der Waals surface area contributed by atoms with Gasteiger partial charge in [-0.25, -0.2) is 4.98 Å². The zero-order valence-electron chi connectivity index (χ0n) is 18.2. The highest BCUT2D eigenvalue weighted by molar-refractivity contribution is 5.80. The minimum atomic E-state index is 0.557. The van der Waals surface area contributed by atoms with Gasteiger partial charge in [0.1, 0.15) is 5.75 Å².